The van der Waals surface area contributed by atoms with Crippen molar-refractivity contribution in [3.63, 3.8) is 0 Å². The molecule has 150 valence electrons. The molecule has 0 aliphatic carbocycles. The van der Waals surface area contributed by atoms with Crippen molar-refractivity contribution in [1.29, 1.82) is 0 Å². The average Bonchev–Trinajstić information content (AvgIpc) is 3.05. The maximum absolute atomic E-state index is 13.2. The van der Waals surface area contributed by atoms with Crippen LogP contribution in [0.5, 0.6) is 5.75 Å². The molecule has 0 aromatic heterocycles. The highest BCUT2D eigenvalue weighted by atomic mass is 32.2. The van der Waals surface area contributed by atoms with Crippen LogP contribution < -0.4 is 4.74 Å². The first kappa shape index (κ1) is 20.3. The highest BCUT2D eigenvalue weighted by Gasteiger charge is 2.35. The molecule has 3 rings (SSSR count). The fourth-order valence-electron chi connectivity index (χ4n) is 3.25. The summed E-state index contributed by atoms with van der Waals surface area (Å²) in [4.78, 5) is 14.6. The first-order chi connectivity index (χ1) is 13.4. The molecule has 0 radical (unpaired) electrons. The fraction of sp³-hybridized carbons (Fsp3) is 0.381. The third-order valence-electron chi connectivity index (χ3n) is 4.75. The maximum atomic E-state index is 13.2. The Morgan fingerprint density at radius 1 is 1.14 bits per heavy atom. The van der Waals surface area contributed by atoms with Crippen molar-refractivity contribution >= 4 is 15.7 Å². The van der Waals surface area contributed by atoms with Crippen LogP contribution >= 0.6 is 0 Å². The lowest BCUT2D eigenvalue weighted by molar-refractivity contribution is 0.0681. The van der Waals surface area contributed by atoms with E-state index in [1.807, 2.05) is 31.2 Å². The molecule has 0 N–H and O–H groups in total. The standard InChI is InChI=1S/C21H24FNO4S/c1-2-12-27-20-9-3-16(4-10-20)14-23(19-11-13-28(25,26)15-19)21(24)17-5-7-18(22)8-6-17/h3-10,19H,2,11-15H2,1H3. The van der Waals surface area contributed by atoms with Crippen LogP contribution in [-0.2, 0) is 16.4 Å². The van der Waals surface area contributed by atoms with Crippen molar-refractivity contribution in [2.75, 3.05) is 18.1 Å². The predicted octanol–water partition coefficient (Wildman–Crippen LogP) is 3.44. The Hall–Kier alpha value is -2.41. The molecule has 28 heavy (non-hydrogen) atoms. The van der Waals surface area contributed by atoms with E-state index in [0.717, 1.165) is 17.7 Å². The summed E-state index contributed by atoms with van der Waals surface area (Å²) >= 11 is 0. The number of benzene rings is 2. The highest BCUT2D eigenvalue weighted by Crippen LogP contribution is 2.23. The summed E-state index contributed by atoms with van der Waals surface area (Å²) in [5, 5.41) is 0. The second-order valence-corrected chi connectivity index (χ2v) is 9.22. The van der Waals surface area contributed by atoms with Crippen LogP contribution in [0.25, 0.3) is 0 Å². The van der Waals surface area contributed by atoms with Gasteiger partial charge in [0, 0.05) is 18.2 Å². The molecular weight excluding hydrogens is 381 g/mol. The predicted molar refractivity (Wildman–Crippen MR) is 106 cm³/mol. The zero-order valence-corrected chi connectivity index (χ0v) is 16.6. The lowest BCUT2D eigenvalue weighted by Gasteiger charge is -2.28. The van der Waals surface area contributed by atoms with Gasteiger partial charge in [-0.3, -0.25) is 4.79 Å². The number of hydrogen-bond acceptors (Lipinski definition) is 4. The summed E-state index contributed by atoms with van der Waals surface area (Å²) in [5.41, 5.74) is 1.22. The number of amides is 1. The summed E-state index contributed by atoms with van der Waals surface area (Å²) in [7, 11) is -3.15. The highest BCUT2D eigenvalue weighted by molar-refractivity contribution is 7.91. The fourth-order valence-corrected chi connectivity index (χ4v) is 4.98. The van der Waals surface area contributed by atoms with E-state index in [9.17, 15) is 17.6 Å². The number of hydrogen-bond donors (Lipinski definition) is 0. The molecule has 0 saturated carbocycles. The minimum atomic E-state index is -3.15. The lowest BCUT2D eigenvalue weighted by Crippen LogP contribution is -2.40. The molecular formula is C21H24FNO4S. The van der Waals surface area contributed by atoms with E-state index in [4.69, 9.17) is 4.74 Å². The lowest BCUT2D eigenvalue weighted by atomic mass is 10.1. The van der Waals surface area contributed by atoms with Gasteiger partial charge in [0.2, 0.25) is 0 Å². The number of sulfone groups is 1. The molecule has 1 aliphatic rings. The summed E-state index contributed by atoms with van der Waals surface area (Å²) in [6, 6.07) is 12.4. The van der Waals surface area contributed by atoms with E-state index in [1.165, 1.54) is 24.3 Å². The van der Waals surface area contributed by atoms with Gasteiger partial charge < -0.3 is 9.64 Å². The SMILES string of the molecule is CCCOc1ccc(CN(C(=O)c2ccc(F)cc2)C2CCS(=O)(=O)C2)cc1. The van der Waals surface area contributed by atoms with Gasteiger partial charge in [0.15, 0.2) is 9.84 Å². The maximum Gasteiger partial charge on any atom is 0.254 e. The van der Waals surface area contributed by atoms with E-state index in [1.54, 1.807) is 4.90 Å². The minimum Gasteiger partial charge on any atom is -0.494 e. The van der Waals surface area contributed by atoms with Crippen molar-refractivity contribution in [2.24, 2.45) is 0 Å². The number of nitrogens with zero attached hydrogens (tertiary/aromatic N) is 1. The van der Waals surface area contributed by atoms with Gasteiger partial charge in [0.1, 0.15) is 11.6 Å². The molecule has 0 bridgehead atoms. The van der Waals surface area contributed by atoms with Gasteiger partial charge in [-0.2, -0.15) is 0 Å². The van der Waals surface area contributed by atoms with Crippen molar-refractivity contribution in [3.8, 4) is 5.75 Å². The molecule has 0 spiro atoms. The molecule has 1 fully saturated rings. The van der Waals surface area contributed by atoms with E-state index in [2.05, 4.69) is 0 Å². The quantitative estimate of drug-likeness (QED) is 0.708. The van der Waals surface area contributed by atoms with Crippen molar-refractivity contribution in [2.45, 2.75) is 32.4 Å². The van der Waals surface area contributed by atoms with E-state index < -0.39 is 21.7 Å². The third-order valence-corrected chi connectivity index (χ3v) is 6.50. The Balaban J connectivity index is 1.82. The largest absolute Gasteiger partial charge is 0.494 e. The molecule has 1 saturated heterocycles. The van der Waals surface area contributed by atoms with Crippen molar-refractivity contribution in [1.82, 2.24) is 4.90 Å². The minimum absolute atomic E-state index is 0.0440. The first-order valence-electron chi connectivity index (χ1n) is 9.36. The Labute approximate surface area is 165 Å². The number of carbonyl (C=O) groups excluding carboxylic acids is 1. The van der Waals surface area contributed by atoms with Gasteiger partial charge >= 0.3 is 0 Å². The van der Waals surface area contributed by atoms with Crippen LogP contribution in [0.4, 0.5) is 4.39 Å². The van der Waals surface area contributed by atoms with Crippen LogP contribution in [0, 0.1) is 5.82 Å². The van der Waals surface area contributed by atoms with Gasteiger partial charge in [-0.1, -0.05) is 19.1 Å². The number of ether oxygens (including phenoxy) is 1. The Morgan fingerprint density at radius 2 is 1.82 bits per heavy atom. The summed E-state index contributed by atoms with van der Waals surface area (Å²) in [6.45, 7) is 2.95. The summed E-state index contributed by atoms with van der Waals surface area (Å²) in [5.74, 6) is 0.0693. The average molecular weight is 405 g/mol. The van der Waals surface area contributed by atoms with Crippen LogP contribution in [0.1, 0.15) is 35.7 Å². The molecule has 7 heteroatoms. The molecule has 1 amide bonds. The van der Waals surface area contributed by atoms with Crippen LogP contribution in [0.15, 0.2) is 48.5 Å². The molecule has 2 aromatic rings. The summed E-state index contributed by atoms with van der Waals surface area (Å²) < 4.78 is 42.7. The van der Waals surface area contributed by atoms with Gasteiger partial charge in [0.25, 0.3) is 5.91 Å². The molecule has 1 heterocycles. The summed E-state index contributed by atoms with van der Waals surface area (Å²) in [6.07, 6.45) is 1.32. The normalized spacial score (nSPS) is 18.0. The Kier molecular flexibility index (Phi) is 6.34. The molecule has 2 aromatic carbocycles. The van der Waals surface area contributed by atoms with Gasteiger partial charge in [-0.05, 0) is 54.8 Å². The van der Waals surface area contributed by atoms with Gasteiger partial charge in [0.05, 0.1) is 18.1 Å². The second kappa shape index (κ2) is 8.73. The van der Waals surface area contributed by atoms with Crippen molar-refractivity contribution < 1.29 is 22.3 Å². The number of rotatable bonds is 7. The smallest absolute Gasteiger partial charge is 0.254 e. The van der Waals surface area contributed by atoms with E-state index in [-0.39, 0.29) is 24.0 Å². The third kappa shape index (κ3) is 5.10. The van der Waals surface area contributed by atoms with Crippen molar-refractivity contribution in [3.05, 3.63) is 65.5 Å². The molecule has 1 atom stereocenters. The topological polar surface area (TPSA) is 63.7 Å². The molecule has 1 aliphatic heterocycles. The van der Waals surface area contributed by atoms with Crippen LogP contribution in [0.2, 0.25) is 0 Å². The molecule has 1 unspecified atom stereocenters. The Bertz CT molecular complexity index is 910. The van der Waals surface area contributed by atoms with Gasteiger partial charge in [-0.15, -0.1) is 0 Å². The molecule has 5 nitrogen and oxygen atoms in total. The van der Waals surface area contributed by atoms with Gasteiger partial charge in [-0.25, -0.2) is 12.8 Å². The monoisotopic (exact) mass is 405 g/mol. The number of halogens is 1. The van der Waals surface area contributed by atoms with Crippen LogP contribution in [-0.4, -0.2) is 43.4 Å². The Morgan fingerprint density at radius 3 is 2.39 bits per heavy atom. The van der Waals surface area contributed by atoms with Crippen LogP contribution in [0.3, 0.4) is 0 Å². The first-order valence-corrected chi connectivity index (χ1v) is 11.2. The van der Waals surface area contributed by atoms with E-state index >= 15 is 0 Å². The van der Waals surface area contributed by atoms with E-state index in [0.29, 0.717) is 18.6 Å². The number of carbonyl (C=O) groups is 1. The zero-order chi connectivity index (χ0) is 20.1. The second-order valence-electron chi connectivity index (χ2n) is 6.99. The zero-order valence-electron chi connectivity index (χ0n) is 15.8.